The van der Waals surface area contributed by atoms with Crippen LogP contribution >= 0.6 is 0 Å². The number of anilines is 1. The molecule has 2 aliphatic rings. The van der Waals surface area contributed by atoms with Crippen molar-refractivity contribution in [3.05, 3.63) is 17.6 Å². The van der Waals surface area contributed by atoms with E-state index in [1.54, 1.807) is 6.33 Å². The first-order chi connectivity index (χ1) is 9.69. The molecule has 2 heterocycles. The van der Waals surface area contributed by atoms with E-state index in [1.807, 2.05) is 0 Å². The molecule has 110 valence electrons. The molecule has 0 radical (unpaired) electrons. The Kier molecular flexibility index (Phi) is 3.92. The minimum Gasteiger partial charge on any atom is -0.369 e. The Labute approximate surface area is 121 Å². The molecular formula is C16H26N4. The molecule has 2 N–H and O–H groups in total. The molecule has 1 fully saturated rings. The highest BCUT2D eigenvalue weighted by atomic mass is 15.0. The Morgan fingerprint density at radius 3 is 2.90 bits per heavy atom. The van der Waals surface area contributed by atoms with Crippen LogP contribution in [-0.2, 0) is 13.0 Å². The summed E-state index contributed by atoms with van der Waals surface area (Å²) in [5.41, 5.74) is 3.00. The molecule has 0 bridgehead atoms. The minimum atomic E-state index is 0.513. The lowest BCUT2D eigenvalue weighted by Gasteiger charge is -2.43. The number of fused-ring (bicyclic) bond motifs is 1. The normalized spacial score (nSPS) is 20.4. The van der Waals surface area contributed by atoms with Gasteiger partial charge in [0.25, 0.3) is 0 Å². The predicted molar refractivity (Wildman–Crippen MR) is 81.7 cm³/mol. The molecule has 1 aliphatic heterocycles. The van der Waals surface area contributed by atoms with Gasteiger partial charge in [0.1, 0.15) is 12.1 Å². The summed E-state index contributed by atoms with van der Waals surface area (Å²) in [4.78, 5) is 8.88. The van der Waals surface area contributed by atoms with Gasteiger partial charge in [-0.05, 0) is 43.6 Å². The van der Waals surface area contributed by atoms with Crippen LogP contribution in [0.4, 0.5) is 5.82 Å². The van der Waals surface area contributed by atoms with Gasteiger partial charge in [-0.2, -0.15) is 0 Å². The zero-order valence-electron chi connectivity index (χ0n) is 12.7. The van der Waals surface area contributed by atoms with Crippen molar-refractivity contribution < 1.29 is 0 Å². The maximum atomic E-state index is 4.48. The molecule has 1 aromatic heterocycles. The van der Waals surface area contributed by atoms with Crippen molar-refractivity contribution in [2.45, 2.75) is 52.5 Å². The molecule has 4 nitrogen and oxygen atoms in total. The molecule has 0 saturated heterocycles. The van der Waals surface area contributed by atoms with Gasteiger partial charge in [0.05, 0.1) is 5.69 Å². The van der Waals surface area contributed by atoms with Crippen LogP contribution in [-0.4, -0.2) is 23.1 Å². The number of nitrogens with zero attached hydrogens (tertiary/aromatic N) is 2. The van der Waals surface area contributed by atoms with Crippen LogP contribution in [0.1, 0.15) is 50.8 Å². The van der Waals surface area contributed by atoms with Crippen molar-refractivity contribution in [3.8, 4) is 0 Å². The summed E-state index contributed by atoms with van der Waals surface area (Å²) in [6, 6.07) is 0. The van der Waals surface area contributed by atoms with Crippen LogP contribution in [0, 0.1) is 11.3 Å². The third kappa shape index (κ3) is 2.80. The van der Waals surface area contributed by atoms with E-state index in [9.17, 15) is 0 Å². The average Bonchev–Trinajstić information content (AvgIpc) is 2.41. The quantitative estimate of drug-likeness (QED) is 0.867. The average molecular weight is 274 g/mol. The molecular weight excluding hydrogens is 248 g/mol. The Bertz CT molecular complexity index is 466. The molecule has 0 unspecified atom stereocenters. The molecule has 0 spiro atoms. The SMILES string of the molecule is CC(C)CC1(CNc2ncnc3c2CCNC3)CCC1. The van der Waals surface area contributed by atoms with Gasteiger partial charge < -0.3 is 10.6 Å². The second-order valence-corrected chi connectivity index (χ2v) is 6.88. The number of aromatic nitrogens is 2. The Hall–Kier alpha value is -1.16. The number of hydrogen-bond acceptors (Lipinski definition) is 4. The van der Waals surface area contributed by atoms with Gasteiger partial charge in [-0.1, -0.05) is 20.3 Å². The van der Waals surface area contributed by atoms with Gasteiger partial charge in [-0.3, -0.25) is 0 Å². The van der Waals surface area contributed by atoms with Crippen molar-refractivity contribution in [1.82, 2.24) is 15.3 Å². The van der Waals surface area contributed by atoms with Gasteiger partial charge in [-0.25, -0.2) is 9.97 Å². The molecule has 0 amide bonds. The van der Waals surface area contributed by atoms with E-state index in [2.05, 4.69) is 34.4 Å². The maximum absolute atomic E-state index is 4.48. The molecule has 1 aromatic rings. The van der Waals surface area contributed by atoms with E-state index in [0.717, 1.165) is 37.8 Å². The summed E-state index contributed by atoms with van der Waals surface area (Å²) in [5, 5.41) is 7.01. The van der Waals surface area contributed by atoms with E-state index in [-0.39, 0.29) is 0 Å². The van der Waals surface area contributed by atoms with Crippen molar-refractivity contribution in [1.29, 1.82) is 0 Å². The van der Waals surface area contributed by atoms with Gasteiger partial charge >= 0.3 is 0 Å². The summed E-state index contributed by atoms with van der Waals surface area (Å²) in [7, 11) is 0. The molecule has 4 heteroatoms. The maximum Gasteiger partial charge on any atom is 0.132 e. The predicted octanol–water partition coefficient (Wildman–Crippen LogP) is 2.75. The third-order valence-corrected chi connectivity index (χ3v) is 4.77. The molecule has 20 heavy (non-hydrogen) atoms. The first-order valence-corrected chi connectivity index (χ1v) is 7.96. The monoisotopic (exact) mass is 274 g/mol. The first-order valence-electron chi connectivity index (χ1n) is 7.96. The van der Waals surface area contributed by atoms with Crippen molar-refractivity contribution in [2.75, 3.05) is 18.4 Å². The lowest BCUT2D eigenvalue weighted by Crippen LogP contribution is -2.38. The van der Waals surface area contributed by atoms with Gasteiger partial charge in [0.15, 0.2) is 0 Å². The van der Waals surface area contributed by atoms with Gasteiger partial charge in [-0.15, -0.1) is 0 Å². The fraction of sp³-hybridized carbons (Fsp3) is 0.750. The number of hydrogen-bond donors (Lipinski definition) is 2. The highest BCUT2D eigenvalue weighted by Crippen LogP contribution is 2.45. The molecule has 1 aliphatic carbocycles. The summed E-state index contributed by atoms with van der Waals surface area (Å²) >= 11 is 0. The third-order valence-electron chi connectivity index (χ3n) is 4.77. The van der Waals surface area contributed by atoms with Crippen LogP contribution in [0.5, 0.6) is 0 Å². The van der Waals surface area contributed by atoms with E-state index < -0.39 is 0 Å². The lowest BCUT2D eigenvalue weighted by molar-refractivity contribution is 0.116. The van der Waals surface area contributed by atoms with E-state index in [0.29, 0.717) is 5.41 Å². The van der Waals surface area contributed by atoms with Crippen LogP contribution < -0.4 is 10.6 Å². The first kappa shape index (κ1) is 13.8. The Morgan fingerprint density at radius 2 is 2.20 bits per heavy atom. The van der Waals surface area contributed by atoms with Crippen molar-refractivity contribution >= 4 is 5.82 Å². The summed E-state index contributed by atoms with van der Waals surface area (Å²) in [6.45, 7) is 7.65. The van der Waals surface area contributed by atoms with Crippen molar-refractivity contribution in [3.63, 3.8) is 0 Å². The number of rotatable bonds is 5. The zero-order valence-corrected chi connectivity index (χ0v) is 12.7. The van der Waals surface area contributed by atoms with Gasteiger partial charge in [0, 0.05) is 18.7 Å². The Balaban J connectivity index is 1.69. The van der Waals surface area contributed by atoms with Crippen LogP contribution in [0.25, 0.3) is 0 Å². The van der Waals surface area contributed by atoms with Crippen LogP contribution in [0.2, 0.25) is 0 Å². The van der Waals surface area contributed by atoms with E-state index >= 15 is 0 Å². The zero-order chi connectivity index (χ0) is 14.0. The molecule has 0 atom stereocenters. The van der Waals surface area contributed by atoms with E-state index in [4.69, 9.17) is 0 Å². The second kappa shape index (κ2) is 5.68. The van der Waals surface area contributed by atoms with Crippen LogP contribution in [0.15, 0.2) is 6.33 Å². The summed E-state index contributed by atoms with van der Waals surface area (Å²) in [5.74, 6) is 1.85. The smallest absolute Gasteiger partial charge is 0.132 e. The van der Waals surface area contributed by atoms with Gasteiger partial charge in [0.2, 0.25) is 0 Å². The topological polar surface area (TPSA) is 49.8 Å². The fourth-order valence-electron chi connectivity index (χ4n) is 3.70. The van der Waals surface area contributed by atoms with Crippen molar-refractivity contribution in [2.24, 2.45) is 11.3 Å². The molecule has 0 aromatic carbocycles. The highest BCUT2D eigenvalue weighted by Gasteiger charge is 2.37. The summed E-state index contributed by atoms with van der Waals surface area (Å²) in [6.07, 6.45) is 8.19. The minimum absolute atomic E-state index is 0.513. The second-order valence-electron chi connectivity index (χ2n) is 6.88. The molecule has 1 saturated carbocycles. The highest BCUT2D eigenvalue weighted by molar-refractivity contribution is 5.47. The Morgan fingerprint density at radius 1 is 1.35 bits per heavy atom. The molecule has 3 rings (SSSR count). The van der Waals surface area contributed by atoms with E-state index in [1.165, 1.54) is 36.9 Å². The lowest BCUT2D eigenvalue weighted by atomic mass is 9.64. The van der Waals surface area contributed by atoms with Crippen LogP contribution in [0.3, 0.4) is 0 Å². The number of nitrogens with one attached hydrogen (secondary N) is 2. The fourth-order valence-corrected chi connectivity index (χ4v) is 3.70. The summed E-state index contributed by atoms with van der Waals surface area (Å²) < 4.78 is 0. The standard InChI is InChI=1S/C16H26N4/c1-12(2)8-16(5-3-6-16)10-18-15-13-4-7-17-9-14(13)19-11-20-15/h11-12,17H,3-10H2,1-2H3,(H,18,19,20). The largest absolute Gasteiger partial charge is 0.369 e.